The molecule has 2 amide bonds. The molecule has 11 heteroatoms. The minimum Gasteiger partial charge on any atom is -0.456 e. The second kappa shape index (κ2) is 9.52. The van der Waals surface area contributed by atoms with Crippen molar-refractivity contribution in [2.24, 2.45) is 5.92 Å². The Kier molecular flexibility index (Phi) is 7.03. The van der Waals surface area contributed by atoms with E-state index in [0.29, 0.717) is 28.5 Å². The summed E-state index contributed by atoms with van der Waals surface area (Å²) >= 11 is 2.89. The van der Waals surface area contributed by atoms with E-state index in [0.717, 1.165) is 0 Å². The van der Waals surface area contributed by atoms with E-state index in [1.165, 1.54) is 59.6 Å². The number of hydrogen-bond donors (Lipinski definition) is 1. The predicted octanol–water partition coefficient (Wildman–Crippen LogP) is 2.62. The van der Waals surface area contributed by atoms with Crippen molar-refractivity contribution in [3.63, 3.8) is 0 Å². The second-order valence-corrected chi connectivity index (χ2v) is 9.19. The third-order valence-electron chi connectivity index (χ3n) is 4.67. The molecular weight excluding hydrogens is 430 g/mol. The summed E-state index contributed by atoms with van der Waals surface area (Å²) in [6.07, 6.45) is 0.696. The first-order chi connectivity index (χ1) is 14.3. The number of amides is 2. The van der Waals surface area contributed by atoms with Gasteiger partial charge in [-0.15, -0.1) is 11.8 Å². The molecule has 30 heavy (non-hydrogen) atoms. The quantitative estimate of drug-likeness (QED) is 0.200. The maximum absolute atomic E-state index is 12.8. The lowest BCUT2D eigenvalue weighted by Gasteiger charge is -2.41. The van der Waals surface area contributed by atoms with Gasteiger partial charge in [-0.3, -0.25) is 24.6 Å². The molecule has 160 valence electrons. The molecule has 2 heterocycles. The van der Waals surface area contributed by atoms with Crippen LogP contribution in [0.4, 0.5) is 5.69 Å². The van der Waals surface area contributed by atoms with Crippen LogP contribution in [0.1, 0.15) is 25.8 Å². The van der Waals surface area contributed by atoms with Crippen LogP contribution in [-0.4, -0.2) is 45.3 Å². The van der Waals surface area contributed by atoms with E-state index in [9.17, 15) is 24.5 Å². The van der Waals surface area contributed by atoms with Crippen LogP contribution < -0.4 is 5.32 Å². The van der Waals surface area contributed by atoms with Crippen LogP contribution in [0.5, 0.6) is 0 Å². The van der Waals surface area contributed by atoms with Crippen LogP contribution in [0.15, 0.2) is 34.2 Å². The molecule has 1 unspecified atom stereocenters. The lowest BCUT2D eigenvalue weighted by atomic mass is 9.95. The number of ether oxygens (including phenoxy) is 1. The fourth-order valence-corrected chi connectivity index (χ4v) is 5.95. The molecule has 2 atom stereocenters. The summed E-state index contributed by atoms with van der Waals surface area (Å²) in [5, 5.41) is 13.3. The minimum atomic E-state index is -0.603. The number of nitro benzene ring substituents is 1. The van der Waals surface area contributed by atoms with Crippen molar-refractivity contribution >= 4 is 47.0 Å². The van der Waals surface area contributed by atoms with Crippen molar-refractivity contribution in [1.82, 2.24) is 10.2 Å². The van der Waals surface area contributed by atoms with Crippen LogP contribution in [0.3, 0.4) is 0 Å². The first-order valence-corrected chi connectivity index (χ1v) is 11.2. The highest BCUT2D eigenvalue weighted by molar-refractivity contribution is 8.22. The van der Waals surface area contributed by atoms with Crippen LogP contribution in [-0.2, 0) is 25.7 Å². The molecule has 1 aromatic carbocycles. The maximum atomic E-state index is 12.8. The van der Waals surface area contributed by atoms with Gasteiger partial charge in [0.05, 0.1) is 20.5 Å². The molecule has 0 radical (unpaired) electrons. The summed E-state index contributed by atoms with van der Waals surface area (Å²) in [5.41, 5.74) is 0.810. The molecule has 1 fully saturated rings. The lowest BCUT2D eigenvalue weighted by molar-refractivity contribution is -0.384. The summed E-state index contributed by atoms with van der Waals surface area (Å²) in [6, 6.07) is 5.74. The monoisotopic (exact) mass is 451 g/mol. The molecular formula is C19H21N3O6S2. The van der Waals surface area contributed by atoms with Gasteiger partial charge in [0.25, 0.3) is 5.69 Å². The Labute approximate surface area is 181 Å². The number of fused-ring (bicyclic) bond motifs is 1. The minimum absolute atomic E-state index is 0.0440. The third-order valence-corrected chi connectivity index (χ3v) is 7.37. The topological polar surface area (TPSA) is 119 Å². The maximum Gasteiger partial charge on any atom is 0.357 e. The number of carbonyl (C=O) groups excluding carboxylic acids is 3. The van der Waals surface area contributed by atoms with Crippen LogP contribution in [0.25, 0.3) is 0 Å². The highest BCUT2D eigenvalue weighted by Crippen LogP contribution is 2.53. The van der Waals surface area contributed by atoms with Gasteiger partial charge in [-0.2, -0.15) is 0 Å². The number of esters is 1. The Morgan fingerprint density at radius 3 is 2.63 bits per heavy atom. The Balaban J connectivity index is 1.68. The zero-order chi connectivity index (χ0) is 21.8. The zero-order valence-electron chi connectivity index (χ0n) is 16.5. The highest BCUT2D eigenvalue weighted by Gasteiger charge is 2.55. The number of nitro groups is 1. The smallest absolute Gasteiger partial charge is 0.357 e. The van der Waals surface area contributed by atoms with Gasteiger partial charge < -0.3 is 10.1 Å². The van der Waals surface area contributed by atoms with Gasteiger partial charge in [-0.25, -0.2) is 4.79 Å². The van der Waals surface area contributed by atoms with Crippen molar-refractivity contribution < 1.29 is 24.0 Å². The zero-order valence-corrected chi connectivity index (χ0v) is 18.1. The molecule has 3 rings (SSSR count). The average Bonchev–Trinajstić information content (AvgIpc) is 3.04. The summed E-state index contributed by atoms with van der Waals surface area (Å²) in [5.74, 6) is -0.382. The first kappa shape index (κ1) is 22.2. The Bertz CT molecular complexity index is 902. The standard InChI is InChI=1S/C19H21N3O6S2/c1-3-14-16(24)21-15(19(30-17(14)21)29-9-8-20-11(2)23)18(25)28-10-12-4-6-13(7-5-12)22(26)27/h4-7,14,17H,3,8-10H2,1-2H3,(H,20,23)/t14?,17-/m1/s1. The number of β-lactam (4-membered cyclic amide) rings is 1. The largest absolute Gasteiger partial charge is 0.456 e. The van der Waals surface area contributed by atoms with Gasteiger partial charge in [0.2, 0.25) is 11.8 Å². The van der Waals surface area contributed by atoms with E-state index in [1.807, 2.05) is 6.92 Å². The van der Waals surface area contributed by atoms with Gasteiger partial charge in [0, 0.05) is 31.4 Å². The number of thioether (sulfide) groups is 2. The molecule has 1 aromatic rings. The van der Waals surface area contributed by atoms with Crippen molar-refractivity contribution in [2.45, 2.75) is 32.2 Å². The molecule has 0 bridgehead atoms. The Morgan fingerprint density at radius 1 is 1.33 bits per heavy atom. The van der Waals surface area contributed by atoms with Crippen LogP contribution >= 0.6 is 23.5 Å². The summed E-state index contributed by atoms with van der Waals surface area (Å²) in [7, 11) is 0. The molecule has 2 aliphatic rings. The van der Waals surface area contributed by atoms with Crippen molar-refractivity contribution in [1.29, 1.82) is 0 Å². The van der Waals surface area contributed by atoms with Gasteiger partial charge in [-0.05, 0) is 24.1 Å². The van der Waals surface area contributed by atoms with Crippen molar-refractivity contribution in [3.8, 4) is 0 Å². The predicted molar refractivity (Wildman–Crippen MR) is 113 cm³/mol. The van der Waals surface area contributed by atoms with Crippen LogP contribution in [0.2, 0.25) is 0 Å². The highest BCUT2D eigenvalue weighted by atomic mass is 32.2. The molecule has 0 aromatic heterocycles. The number of carbonyl (C=O) groups is 3. The average molecular weight is 452 g/mol. The van der Waals surface area contributed by atoms with Gasteiger partial charge in [0.1, 0.15) is 6.61 Å². The third kappa shape index (κ3) is 4.62. The molecule has 9 nitrogen and oxygen atoms in total. The summed E-state index contributed by atoms with van der Waals surface area (Å²) in [4.78, 5) is 48.0. The van der Waals surface area contributed by atoms with Gasteiger partial charge >= 0.3 is 5.97 Å². The van der Waals surface area contributed by atoms with Gasteiger partial charge in [-0.1, -0.05) is 18.7 Å². The fourth-order valence-electron chi connectivity index (χ4n) is 3.12. The van der Waals surface area contributed by atoms with Crippen molar-refractivity contribution in [2.75, 3.05) is 12.3 Å². The van der Waals surface area contributed by atoms with E-state index in [4.69, 9.17) is 4.74 Å². The number of rotatable bonds is 9. The molecule has 0 spiro atoms. The SMILES string of the molecule is CCC1C(=O)N2C(C(=O)OCc3ccc([N+](=O)[O-])cc3)=C(SCCNC(C)=O)S[C@H]12. The molecule has 1 N–H and O–H groups in total. The van der Waals surface area contributed by atoms with Crippen molar-refractivity contribution in [3.05, 3.63) is 49.9 Å². The molecule has 1 saturated heterocycles. The number of non-ortho nitro benzene ring substituents is 1. The van der Waals surface area contributed by atoms with E-state index < -0.39 is 10.9 Å². The number of nitrogens with zero attached hydrogens (tertiary/aromatic N) is 2. The summed E-state index contributed by atoms with van der Waals surface area (Å²) in [6.45, 7) is 3.77. The summed E-state index contributed by atoms with van der Waals surface area (Å²) < 4.78 is 6.11. The molecule has 0 aliphatic carbocycles. The molecule has 0 saturated carbocycles. The number of hydrogen-bond acceptors (Lipinski definition) is 8. The van der Waals surface area contributed by atoms with E-state index in [-0.39, 0.29) is 41.1 Å². The Hall–Kier alpha value is -2.53. The lowest BCUT2D eigenvalue weighted by Crippen LogP contribution is -2.57. The molecule has 2 aliphatic heterocycles. The second-order valence-electron chi connectivity index (χ2n) is 6.70. The van der Waals surface area contributed by atoms with E-state index >= 15 is 0 Å². The first-order valence-electron chi connectivity index (χ1n) is 9.35. The van der Waals surface area contributed by atoms with Gasteiger partial charge in [0.15, 0.2) is 5.70 Å². The number of benzene rings is 1. The van der Waals surface area contributed by atoms with E-state index in [2.05, 4.69) is 5.32 Å². The van der Waals surface area contributed by atoms with Crippen LogP contribution in [0, 0.1) is 16.0 Å². The normalized spacial score (nSPS) is 19.9. The van der Waals surface area contributed by atoms with E-state index in [1.54, 1.807) is 0 Å². The Morgan fingerprint density at radius 2 is 2.03 bits per heavy atom. The number of nitrogens with one attached hydrogen (secondary N) is 1. The fraction of sp³-hybridized carbons (Fsp3) is 0.421.